The van der Waals surface area contributed by atoms with Gasteiger partial charge in [-0.05, 0) is 36.1 Å². The minimum Gasteiger partial charge on any atom is -0.508 e. The number of nitriles is 1. The van der Waals surface area contributed by atoms with Crippen molar-refractivity contribution in [2.45, 2.75) is 18.9 Å². The van der Waals surface area contributed by atoms with Gasteiger partial charge in [0.25, 0.3) is 0 Å². The van der Waals surface area contributed by atoms with E-state index in [2.05, 4.69) is 6.07 Å². The molecule has 0 aliphatic heterocycles. The van der Waals surface area contributed by atoms with Crippen molar-refractivity contribution in [2.75, 3.05) is 0 Å². The summed E-state index contributed by atoms with van der Waals surface area (Å²) in [6.07, 6.45) is 1.72. The van der Waals surface area contributed by atoms with Crippen molar-refractivity contribution in [3.05, 3.63) is 28.8 Å². The van der Waals surface area contributed by atoms with Crippen molar-refractivity contribution >= 4 is 0 Å². The first-order valence-corrected chi connectivity index (χ1v) is 4.24. The Morgan fingerprint density at radius 2 is 2.31 bits per heavy atom. The number of aromatic hydroxyl groups is 1. The first-order valence-electron chi connectivity index (χ1n) is 4.24. The van der Waals surface area contributed by atoms with Crippen molar-refractivity contribution in [2.24, 2.45) is 5.73 Å². The average Bonchev–Trinajstić information content (AvgIpc) is 2.47. The van der Waals surface area contributed by atoms with E-state index in [0.29, 0.717) is 5.56 Å². The highest BCUT2D eigenvalue weighted by Crippen LogP contribution is 2.34. The molecule has 0 bridgehead atoms. The van der Waals surface area contributed by atoms with Gasteiger partial charge in [0, 0.05) is 6.04 Å². The third-order valence-corrected chi connectivity index (χ3v) is 2.49. The van der Waals surface area contributed by atoms with Gasteiger partial charge in [-0.15, -0.1) is 0 Å². The van der Waals surface area contributed by atoms with E-state index < -0.39 is 0 Å². The second kappa shape index (κ2) is 2.75. The van der Waals surface area contributed by atoms with Crippen LogP contribution in [-0.4, -0.2) is 5.11 Å². The first kappa shape index (κ1) is 8.09. The van der Waals surface area contributed by atoms with Crippen LogP contribution < -0.4 is 5.73 Å². The maximum Gasteiger partial charge on any atom is 0.117 e. The van der Waals surface area contributed by atoms with Crippen LogP contribution in [0.4, 0.5) is 0 Å². The molecule has 1 aliphatic rings. The van der Waals surface area contributed by atoms with Crippen LogP contribution in [-0.2, 0) is 6.42 Å². The fraction of sp³-hybridized carbons (Fsp3) is 0.300. The Morgan fingerprint density at radius 3 is 3.00 bits per heavy atom. The van der Waals surface area contributed by atoms with E-state index in [4.69, 9.17) is 11.0 Å². The summed E-state index contributed by atoms with van der Waals surface area (Å²) in [5.41, 5.74) is 8.31. The molecule has 0 fully saturated rings. The standard InChI is InChI=1S/C10H10N2O/c11-5-6-3-7(13)4-9-8(6)1-2-10(9)12/h3-4,10,13H,1-2,12H2/t10-/m1/s1. The van der Waals surface area contributed by atoms with Crippen molar-refractivity contribution in [3.8, 4) is 11.8 Å². The second-order valence-electron chi connectivity index (χ2n) is 3.32. The summed E-state index contributed by atoms with van der Waals surface area (Å²) in [6, 6.07) is 5.21. The molecule has 3 N–H and O–H groups in total. The van der Waals surface area contributed by atoms with Gasteiger partial charge in [-0.1, -0.05) is 0 Å². The number of fused-ring (bicyclic) bond motifs is 1. The molecule has 0 heterocycles. The van der Waals surface area contributed by atoms with Crippen LogP contribution in [0.1, 0.15) is 29.2 Å². The number of nitrogens with zero attached hydrogens (tertiary/aromatic N) is 1. The maximum absolute atomic E-state index is 9.32. The molecule has 1 aromatic rings. The molecular formula is C10H10N2O. The number of hydrogen-bond acceptors (Lipinski definition) is 3. The lowest BCUT2D eigenvalue weighted by Crippen LogP contribution is -2.05. The molecule has 0 spiro atoms. The number of phenols is 1. The molecule has 1 atom stereocenters. The van der Waals surface area contributed by atoms with E-state index in [1.54, 1.807) is 6.07 Å². The number of phenolic OH excluding ortho intramolecular Hbond substituents is 1. The Labute approximate surface area is 76.4 Å². The lowest BCUT2D eigenvalue weighted by atomic mass is 10.0. The predicted octanol–water partition coefficient (Wildman–Crippen LogP) is 1.21. The first-order chi connectivity index (χ1) is 6.22. The van der Waals surface area contributed by atoms with Crippen LogP contribution in [0.3, 0.4) is 0 Å². The van der Waals surface area contributed by atoms with Crippen molar-refractivity contribution < 1.29 is 5.11 Å². The van der Waals surface area contributed by atoms with Gasteiger partial charge in [0.1, 0.15) is 5.75 Å². The zero-order chi connectivity index (χ0) is 9.42. The zero-order valence-electron chi connectivity index (χ0n) is 7.12. The molecule has 0 amide bonds. The average molecular weight is 174 g/mol. The van der Waals surface area contributed by atoms with Gasteiger partial charge in [0.05, 0.1) is 11.6 Å². The number of nitrogens with two attached hydrogens (primary N) is 1. The minimum atomic E-state index is -0.0193. The SMILES string of the molecule is N#Cc1cc(O)cc2c1CC[C@H]2N. The van der Waals surface area contributed by atoms with E-state index in [0.717, 1.165) is 24.0 Å². The lowest BCUT2D eigenvalue weighted by molar-refractivity contribution is 0.474. The van der Waals surface area contributed by atoms with E-state index >= 15 is 0 Å². The van der Waals surface area contributed by atoms with Crippen LogP contribution in [0.5, 0.6) is 5.75 Å². The summed E-state index contributed by atoms with van der Waals surface area (Å²) in [6.45, 7) is 0. The Bertz CT molecular complexity index is 393. The molecule has 0 radical (unpaired) electrons. The van der Waals surface area contributed by atoms with Crippen molar-refractivity contribution in [1.29, 1.82) is 5.26 Å². The van der Waals surface area contributed by atoms with Gasteiger partial charge in [-0.2, -0.15) is 5.26 Å². The minimum absolute atomic E-state index is 0.0193. The van der Waals surface area contributed by atoms with Crippen molar-refractivity contribution in [3.63, 3.8) is 0 Å². The summed E-state index contributed by atoms with van der Waals surface area (Å²) < 4.78 is 0. The predicted molar refractivity (Wildman–Crippen MR) is 48.1 cm³/mol. The van der Waals surface area contributed by atoms with Crippen LogP contribution in [0.2, 0.25) is 0 Å². The second-order valence-corrected chi connectivity index (χ2v) is 3.32. The molecule has 0 aromatic heterocycles. The lowest BCUT2D eigenvalue weighted by Gasteiger charge is -2.05. The van der Waals surface area contributed by atoms with E-state index in [1.807, 2.05) is 0 Å². The highest BCUT2D eigenvalue weighted by molar-refractivity contribution is 5.51. The molecule has 0 saturated carbocycles. The van der Waals surface area contributed by atoms with Crippen LogP contribution in [0.15, 0.2) is 12.1 Å². The topological polar surface area (TPSA) is 70.0 Å². The smallest absolute Gasteiger partial charge is 0.117 e. The Kier molecular flexibility index (Phi) is 1.71. The number of rotatable bonds is 0. The molecule has 1 aromatic carbocycles. The van der Waals surface area contributed by atoms with Crippen LogP contribution in [0.25, 0.3) is 0 Å². The Morgan fingerprint density at radius 1 is 1.54 bits per heavy atom. The van der Waals surface area contributed by atoms with Gasteiger partial charge in [0.2, 0.25) is 0 Å². The highest BCUT2D eigenvalue weighted by Gasteiger charge is 2.22. The molecule has 0 unspecified atom stereocenters. The van der Waals surface area contributed by atoms with Gasteiger partial charge >= 0.3 is 0 Å². The van der Waals surface area contributed by atoms with E-state index in [-0.39, 0.29) is 11.8 Å². The van der Waals surface area contributed by atoms with Crippen LogP contribution in [0, 0.1) is 11.3 Å². The summed E-state index contributed by atoms with van der Waals surface area (Å²) in [4.78, 5) is 0. The molecule has 3 nitrogen and oxygen atoms in total. The third kappa shape index (κ3) is 1.16. The zero-order valence-corrected chi connectivity index (χ0v) is 7.12. The molecule has 3 heteroatoms. The monoisotopic (exact) mass is 174 g/mol. The van der Waals surface area contributed by atoms with Gasteiger partial charge in [-0.25, -0.2) is 0 Å². The maximum atomic E-state index is 9.32. The van der Waals surface area contributed by atoms with Crippen molar-refractivity contribution in [1.82, 2.24) is 0 Å². The quantitative estimate of drug-likeness (QED) is 0.621. The van der Waals surface area contributed by atoms with Gasteiger partial charge in [-0.3, -0.25) is 0 Å². The largest absolute Gasteiger partial charge is 0.508 e. The van der Waals surface area contributed by atoms with Crippen LogP contribution >= 0.6 is 0 Å². The number of hydrogen-bond donors (Lipinski definition) is 2. The van der Waals surface area contributed by atoms with E-state index in [9.17, 15) is 5.11 Å². The summed E-state index contributed by atoms with van der Waals surface area (Å²) in [5, 5.41) is 18.1. The Balaban J connectivity index is 2.65. The fourth-order valence-corrected chi connectivity index (χ4v) is 1.84. The fourth-order valence-electron chi connectivity index (χ4n) is 1.84. The van der Waals surface area contributed by atoms with Gasteiger partial charge < -0.3 is 10.8 Å². The van der Waals surface area contributed by atoms with Gasteiger partial charge in [0.15, 0.2) is 0 Å². The summed E-state index contributed by atoms with van der Waals surface area (Å²) in [7, 11) is 0. The molecule has 2 rings (SSSR count). The number of benzene rings is 1. The molecule has 66 valence electrons. The third-order valence-electron chi connectivity index (χ3n) is 2.49. The molecule has 13 heavy (non-hydrogen) atoms. The normalized spacial score (nSPS) is 19.5. The molecule has 0 saturated heterocycles. The highest BCUT2D eigenvalue weighted by atomic mass is 16.3. The molecular weight excluding hydrogens is 164 g/mol. The Hall–Kier alpha value is -1.53. The molecule has 1 aliphatic carbocycles. The van der Waals surface area contributed by atoms with E-state index in [1.165, 1.54) is 6.07 Å². The summed E-state index contributed by atoms with van der Waals surface area (Å²) >= 11 is 0. The summed E-state index contributed by atoms with van der Waals surface area (Å²) in [5.74, 6) is 0.132.